The first-order chi connectivity index (χ1) is 9.13. The monoisotopic (exact) mass is 264 g/mol. The van der Waals surface area contributed by atoms with E-state index in [1.807, 2.05) is 31.3 Å². The van der Waals surface area contributed by atoms with Crippen LogP contribution in [0.3, 0.4) is 0 Å². The van der Waals surface area contributed by atoms with Gasteiger partial charge in [-0.25, -0.2) is 0 Å². The van der Waals surface area contributed by atoms with Crippen LogP contribution < -0.4 is 15.0 Å². The Bertz CT molecular complexity index is 393. The van der Waals surface area contributed by atoms with Gasteiger partial charge in [-0.1, -0.05) is 19.4 Å². The van der Waals surface area contributed by atoms with Gasteiger partial charge in [-0.3, -0.25) is 4.79 Å². The SMILES string of the molecule is CCCCOc1cccc(N(C)CCNC(C)=O)c1. The van der Waals surface area contributed by atoms with Crippen LogP contribution in [0.1, 0.15) is 26.7 Å². The predicted molar refractivity (Wildman–Crippen MR) is 78.8 cm³/mol. The quantitative estimate of drug-likeness (QED) is 0.733. The van der Waals surface area contributed by atoms with E-state index in [0.717, 1.165) is 37.4 Å². The average molecular weight is 264 g/mol. The first-order valence-corrected chi connectivity index (χ1v) is 6.82. The highest BCUT2D eigenvalue weighted by Gasteiger charge is 2.03. The van der Waals surface area contributed by atoms with Gasteiger partial charge in [-0.15, -0.1) is 0 Å². The fraction of sp³-hybridized carbons (Fsp3) is 0.533. The lowest BCUT2D eigenvalue weighted by Crippen LogP contribution is -2.31. The van der Waals surface area contributed by atoms with Gasteiger partial charge >= 0.3 is 0 Å². The van der Waals surface area contributed by atoms with Gasteiger partial charge in [0.25, 0.3) is 0 Å². The first-order valence-electron chi connectivity index (χ1n) is 6.82. The van der Waals surface area contributed by atoms with E-state index in [1.165, 1.54) is 6.92 Å². The molecule has 0 atom stereocenters. The number of anilines is 1. The van der Waals surface area contributed by atoms with E-state index < -0.39 is 0 Å². The number of hydrogen-bond donors (Lipinski definition) is 1. The molecule has 0 radical (unpaired) electrons. The fourth-order valence-corrected chi connectivity index (χ4v) is 1.67. The molecule has 0 saturated heterocycles. The Morgan fingerprint density at radius 1 is 1.42 bits per heavy atom. The molecule has 0 unspecified atom stereocenters. The molecule has 0 aliphatic rings. The van der Waals surface area contributed by atoms with E-state index in [-0.39, 0.29) is 5.91 Å². The molecule has 1 amide bonds. The summed E-state index contributed by atoms with van der Waals surface area (Å²) in [5.74, 6) is 0.905. The number of carbonyl (C=O) groups is 1. The smallest absolute Gasteiger partial charge is 0.216 e. The van der Waals surface area contributed by atoms with Gasteiger partial charge in [0.1, 0.15) is 5.75 Å². The minimum atomic E-state index is 0.00468. The standard InChI is InChI=1S/C15H24N2O2/c1-4-5-11-19-15-8-6-7-14(12-15)17(3)10-9-16-13(2)18/h6-8,12H,4-5,9-11H2,1-3H3,(H,16,18). The second-order valence-electron chi connectivity index (χ2n) is 4.60. The molecular weight excluding hydrogens is 240 g/mol. The second-order valence-corrected chi connectivity index (χ2v) is 4.60. The Hall–Kier alpha value is -1.71. The van der Waals surface area contributed by atoms with Crippen LogP contribution in [0.4, 0.5) is 5.69 Å². The first kappa shape index (κ1) is 15.3. The summed E-state index contributed by atoms with van der Waals surface area (Å²) in [6.07, 6.45) is 2.21. The van der Waals surface area contributed by atoms with Crippen molar-refractivity contribution in [1.29, 1.82) is 0 Å². The summed E-state index contributed by atoms with van der Waals surface area (Å²) in [5.41, 5.74) is 1.10. The van der Waals surface area contributed by atoms with Crippen molar-refractivity contribution in [3.8, 4) is 5.75 Å². The second kappa shape index (κ2) is 8.40. The van der Waals surface area contributed by atoms with Gasteiger partial charge in [0, 0.05) is 38.8 Å². The van der Waals surface area contributed by atoms with E-state index in [1.54, 1.807) is 0 Å². The van der Waals surface area contributed by atoms with Crippen LogP contribution in [0, 0.1) is 0 Å². The van der Waals surface area contributed by atoms with Gasteiger partial charge in [0.15, 0.2) is 0 Å². The molecule has 4 heteroatoms. The van der Waals surface area contributed by atoms with Crippen LogP contribution in [0.5, 0.6) is 5.75 Å². The number of ether oxygens (including phenoxy) is 1. The van der Waals surface area contributed by atoms with Crippen molar-refractivity contribution < 1.29 is 9.53 Å². The highest BCUT2D eigenvalue weighted by Crippen LogP contribution is 2.20. The van der Waals surface area contributed by atoms with Crippen molar-refractivity contribution in [1.82, 2.24) is 5.32 Å². The number of carbonyl (C=O) groups excluding carboxylic acids is 1. The molecule has 1 N–H and O–H groups in total. The molecule has 0 fully saturated rings. The molecule has 0 aliphatic heterocycles. The lowest BCUT2D eigenvalue weighted by molar-refractivity contribution is -0.118. The Morgan fingerprint density at radius 3 is 2.89 bits per heavy atom. The Labute approximate surface area is 115 Å². The van der Waals surface area contributed by atoms with Crippen LogP contribution in [0.2, 0.25) is 0 Å². The number of rotatable bonds is 8. The molecule has 1 rings (SSSR count). The number of hydrogen-bond acceptors (Lipinski definition) is 3. The molecule has 1 aromatic rings. The largest absolute Gasteiger partial charge is 0.494 e. The Balaban J connectivity index is 2.47. The zero-order valence-electron chi connectivity index (χ0n) is 12.1. The van der Waals surface area contributed by atoms with Crippen molar-refractivity contribution in [3.63, 3.8) is 0 Å². The van der Waals surface area contributed by atoms with Crippen molar-refractivity contribution in [3.05, 3.63) is 24.3 Å². The van der Waals surface area contributed by atoms with Gasteiger partial charge in [-0.2, -0.15) is 0 Å². The lowest BCUT2D eigenvalue weighted by atomic mass is 10.2. The third-order valence-corrected chi connectivity index (χ3v) is 2.85. The molecule has 0 bridgehead atoms. The lowest BCUT2D eigenvalue weighted by Gasteiger charge is -2.20. The number of benzene rings is 1. The van der Waals surface area contributed by atoms with Crippen LogP contribution in [0.15, 0.2) is 24.3 Å². The van der Waals surface area contributed by atoms with Gasteiger partial charge in [0.05, 0.1) is 6.61 Å². The maximum absolute atomic E-state index is 10.8. The van der Waals surface area contributed by atoms with Gasteiger partial charge < -0.3 is 15.0 Å². The number of unbranched alkanes of at least 4 members (excludes halogenated alkanes) is 1. The van der Waals surface area contributed by atoms with Crippen LogP contribution in [-0.2, 0) is 4.79 Å². The van der Waals surface area contributed by atoms with E-state index in [2.05, 4.69) is 17.1 Å². The van der Waals surface area contributed by atoms with Gasteiger partial charge in [-0.05, 0) is 18.6 Å². The molecular formula is C15H24N2O2. The molecule has 0 aliphatic carbocycles. The predicted octanol–water partition coefficient (Wildman–Crippen LogP) is 2.44. The summed E-state index contributed by atoms with van der Waals surface area (Å²) in [7, 11) is 2.01. The summed E-state index contributed by atoms with van der Waals surface area (Å²) >= 11 is 0. The van der Waals surface area contributed by atoms with Gasteiger partial charge in [0.2, 0.25) is 5.91 Å². The summed E-state index contributed by atoms with van der Waals surface area (Å²) in [4.78, 5) is 12.9. The highest BCUT2D eigenvalue weighted by molar-refractivity contribution is 5.72. The molecule has 1 aromatic carbocycles. The molecule has 0 saturated carbocycles. The summed E-state index contributed by atoms with van der Waals surface area (Å²) in [6.45, 7) is 5.86. The number of amides is 1. The van der Waals surface area contributed by atoms with E-state index >= 15 is 0 Å². The Kier molecular flexibility index (Phi) is 6.79. The van der Waals surface area contributed by atoms with E-state index in [0.29, 0.717) is 6.54 Å². The minimum Gasteiger partial charge on any atom is -0.494 e. The molecule has 4 nitrogen and oxygen atoms in total. The third-order valence-electron chi connectivity index (χ3n) is 2.85. The zero-order chi connectivity index (χ0) is 14.1. The normalized spacial score (nSPS) is 10.1. The molecule has 19 heavy (non-hydrogen) atoms. The maximum Gasteiger partial charge on any atom is 0.216 e. The summed E-state index contributed by atoms with van der Waals surface area (Å²) in [5, 5.41) is 2.79. The average Bonchev–Trinajstić information content (AvgIpc) is 2.39. The molecule has 0 spiro atoms. The van der Waals surface area contributed by atoms with Crippen molar-refractivity contribution in [2.24, 2.45) is 0 Å². The molecule has 106 valence electrons. The zero-order valence-corrected chi connectivity index (χ0v) is 12.1. The van der Waals surface area contributed by atoms with Crippen molar-refractivity contribution >= 4 is 11.6 Å². The summed E-state index contributed by atoms with van der Waals surface area (Å²) < 4.78 is 5.68. The van der Waals surface area contributed by atoms with E-state index in [4.69, 9.17) is 4.74 Å². The topological polar surface area (TPSA) is 41.6 Å². The van der Waals surface area contributed by atoms with Crippen LogP contribution >= 0.6 is 0 Å². The minimum absolute atomic E-state index is 0.00468. The number of nitrogens with one attached hydrogen (secondary N) is 1. The highest BCUT2D eigenvalue weighted by atomic mass is 16.5. The third kappa shape index (κ3) is 6.13. The summed E-state index contributed by atoms with van der Waals surface area (Å²) in [6, 6.07) is 8.04. The fourth-order valence-electron chi connectivity index (χ4n) is 1.67. The van der Waals surface area contributed by atoms with Crippen LogP contribution in [0.25, 0.3) is 0 Å². The Morgan fingerprint density at radius 2 is 2.21 bits per heavy atom. The number of nitrogens with zero attached hydrogens (tertiary/aromatic N) is 1. The van der Waals surface area contributed by atoms with E-state index in [9.17, 15) is 4.79 Å². The van der Waals surface area contributed by atoms with Crippen LogP contribution in [-0.4, -0.2) is 32.7 Å². The van der Waals surface area contributed by atoms with Crippen molar-refractivity contribution in [2.45, 2.75) is 26.7 Å². The number of likely N-dealkylation sites (N-methyl/N-ethyl adjacent to an activating group) is 1. The maximum atomic E-state index is 10.8. The van der Waals surface area contributed by atoms with Crippen molar-refractivity contribution in [2.75, 3.05) is 31.6 Å². The molecule has 0 heterocycles. The molecule has 0 aromatic heterocycles.